The van der Waals surface area contributed by atoms with E-state index in [1.54, 1.807) is 42.5 Å². The molecule has 0 saturated carbocycles. The van der Waals surface area contributed by atoms with Crippen LogP contribution in [0, 0.1) is 17.1 Å². The molecule has 0 radical (unpaired) electrons. The van der Waals surface area contributed by atoms with Crippen molar-refractivity contribution in [2.24, 2.45) is 0 Å². The van der Waals surface area contributed by atoms with Crippen LogP contribution in [0.2, 0.25) is 0 Å². The van der Waals surface area contributed by atoms with Gasteiger partial charge in [0.2, 0.25) is 5.91 Å². The van der Waals surface area contributed by atoms with Gasteiger partial charge >= 0.3 is 0 Å². The fraction of sp³-hybridized carbons (Fsp3) is 0.238. The summed E-state index contributed by atoms with van der Waals surface area (Å²) in [5, 5.41) is 21.6. The summed E-state index contributed by atoms with van der Waals surface area (Å²) in [6.45, 7) is 0. The van der Waals surface area contributed by atoms with Gasteiger partial charge in [-0.25, -0.2) is 4.39 Å². The van der Waals surface area contributed by atoms with Crippen LogP contribution in [0.15, 0.2) is 59.1 Å². The van der Waals surface area contributed by atoms with Gasteiger partial charge < -0.3 is 9.84 Å². The zero-order valence-electron chi connectivity index (χ0n) is 15.1. The first kappa shape index (κ1) is 18.5. The Morgan fingerprint density at radius 3 is 2.82 bits per heavy atom. The van der Waals surface area contributed by atoms with Gasteiger partial charge in [0.25, 0.3) is 0 Å². The molecule has 1 fully saturated rings. The highest BCUT2D eigenvalue weighted by molar-refractivity contribution is 8.03. The number of hydrogen-bond donors (Lipinski definition) is 1. The number of carbonyl (C=O) groups excluding carboxylic acids is 1. The lowest BCUT2D eigenvalue weighted by atomic mass is 9.85. The molecular formula is C21H17FN2O3S. The maximum Gasteiger partial charge on any atom is 0.231 e. The number of aliphatic hydroxyl groups is 1. The molecule has 142 valence electrons. The number of rotatable bonds is 3. The molecule has 2 aliphatic rings. The van der Waals surface area contributed by atoms with Gasteiger partial charge in [-0.2, -0.15) is 5.26 Å². The highest BCUT2D eigenvalue weighted by atomic mass is 32.2. The minimum absolute atomic E-state index is 0.0832. The van der Waals surface area contributed by atoms with Crippen molar-refractivity contribution in [1.82, 2.24) is 4.90 Å². The van der Waals surface area contributed by atoms with Gasteiger partial charge in [0.15, 0.2) is 5.72 Å². The third-order valence-electron chi connectivity index (χ3n) is 5.12. The zero-order chi connectivity index (χ0) is 19.9. The summed E-state index contributed by atoms with van der Waals surface area (Å²) in [6.07, 6.45) is -0.0832. The molecule has 1 saturated heterocycles. The van der Waals surface area contributed by atoms with Gasteiger partial charge in [0.1, 0.15) is 11.6 Å². The molecule has 2 heterocycles. The van der Waals surface area contributed by atoms with E-state index in [0.29, 0.717) is 27.5 Å². The van der Waals surface area contributed by atoms with Crippen LogP contribution < -0.4 is 4.74 Å². The average Bonchev–Trinajstić information content (AvgIpc) is 3.08. The molecule has 0 spiro atoms. The molecule has 0 unspecified atom stereocenters. The second kappa shape index (κ2) is 6.97. The number of ether oxygens (including phenoxy) is 1. The lowest BCUT2D eigenvalue weighted by molar-refractivity contribution is -0.149. The van der Waals surface area contributed by atoms with Gasteiger partial charge in [-0.1, -0.05) is 30.3 Å². The summed E-state index contributed by atoms with van der Waals surface area (Å²) in [4.78, 5) is 14.3. The summed E-state index contributed by atoms with van der Waals surface area (Å²) in [5.41, 5.74) is -0.469. The maximum absolute atomic E-state index is 14.3. The fourth-order valence-corrected chi connectivity index (χ4v) is 5.09. The van der Waals surface area contributed by atoms with Gasteiger partial charge in [0, 0.05) is 17.9 Å². The molecule has 2 aromatic rings. The Morgan fingerprint density at radius 1 is 1.32 bits per heavy atom. The molecule has 2 aromatic carbocycles. The van der Waals surface area contributed by atoms with Crippen LogP contribution in [0.5, 0.6) is 5.75 Å². The molecule has 1 amide bonds. The largest absolute Gasteiger partial charge is 0.497 e. The third-order valence-corrected chi connectivity index (χ3v) is 6.35. The number of carbonyl (C=O) groups is 1. The SMILES string of the molecule is COc1cccc([C@]2(O)CSC3=C(C#N)[C@@H](c4ccccc4F)CC(=O)N32)c1. The van der Waals surface area contributed by atoms with E-state index in [2.05, 4.69) is 6.07 Å². The number of hydrogen-bond acceptors (Lipinski definition) is 5. The van der Waals surface area contributed by atoms with Crippen LogP contribution in [0.3, 0.4) is 0 Å². The van der Waals surface area contributed by atoms with Crippen LogP contribution in [-0.2, 0) is 10.5 Å². The molecule has 7 heteroatoms. The van der Waals surface area contributed by atoms with Crippen molar-refractivity contribution in [2.45, 2.75) is 18.1 Å². The number of thioether (sulfide) groups is 1. The van der Waals surface area contributed by atoms with Gasteiger partial charge in [0.05, 0.1) is 29.5 Å². The molecule has 0 aromatic heterocycles. The number of allylic oxidation sites excluding steroid dienone is 1. The summed E-state index contributed by atoms with van der Waals surface area (Å²) in [6, 6.07) is 15.2. The van der Waals surface area contributed by atoms with E-state index >= 15 is 0 Å². The topological polar surface area (TPSA) is 73.6 Å². The Hall–Kier alpha value is -2.82. The summed E-state index contributed by atoms with van der Waals surface area (Å²) in [7, 11) is 1.52. The van der Waals surface area contributed by atoms with E-state index in [1.807, 2.05) is 0 Å². The van der Waals surface area contributed by atoms with Gasteiger partial charge in [-0.05, 0) is 23.8 Å². The first-order valence-corrected chi connectivity index (χ1v) is 9.69. The number of halogens is 1. The normalized spacial score (nSPS) is 24.1. The van der Waals surface area contributed by atoms with E-state index in [9.17, 15) is 19.6 Å². The van der Waals surface area contributed by atoms with Crippen molar-refractivity contribution >= 4 is 17.7 Å². The first-order chi connectivity index (χ1) is 13.5. The monoisotopic (exact) mass is 396 g/mol. The van der Waals surface area contributed by atoms with Crippen LogP contribution in [0.1, 0.15) is 23.5 Å². The van der Waals surface area contributed by atoms with E-state index in [0.717, 1.165) is 0 Å². The van der Waals surface area contributed by atoms with Gasteiger partial charge in [-0.15, -0.1) is 11.8 Å². The Labute approximate surface area is 166 Å². The van der Waals surface area contributed by atoms with Crippen LogP contribution >= 0.6 is 11.8 Å². The van der Waals surface area contributed by atoms with Gasteiger partial charge in [-0.3, -0.25) is 9.69 Å². The molecular weight excluding hydrogens is 379 g/mol. The Balaban J connectivity index is 1.82. The molecule has 2 atom stereocenters. The summed E-state index contributed by atoms with van der Waals surface area (Å²) >= 11 is 1.23. The standard InChI is InChI=1S/C21H17FN2O3S/c1-27-14-6-4-5-13(9-14)21(26)12-28-20-17(11-23)16(10-19(25)24(20)21)15-7-2-3-8-18(15)22/h2-9,16,26H,10,12H2,1H3/t16-,21-/m1/s1. The van der Waals surface area contributed by atoms with Crippen molar-refractivity contribution < 1.29 is 19.0 Å². The van der Waals surface area contributed by atoms with E-state index in [-0.39, 0.29) is 18.1 Å². The average molecular weight is 396 g/mol. The van der Waals surface area contributed by atoms with E-state index < -0.39 is 17.5 Å². The second-order valence-corrected chi connectivity index (χ2v) is 7.64. The van der Waals surface area contributed by atoms with Crippen LogP contribution in [-0.4, -0.2) is 28.8 Å². The Kier molecular flexibility index (Phi) is 4.61. The molecule has 2 aliphatic heterocycles. The summed E-state index contributed by atoms with van der Waals surface area (Å²) in [5.74, 6) is -0.727. The third kappa shape index (κ3) is 2.77. The number of nitriles is 1. The molecule has 0 bridgehead atoms. The lowest BCUT2D eigenvalue weighted by Crippen LogP contribution is -2.48. The predicted octanol–water partition coefficient (Wildman–Crippen LogP) is 3.48. The number of fused-ring (bicyclic) bond motifs is 1. The van der Waals surface area contributed by atoms with Crippen molar-refractivity contribution in [2.75, 3.05) is 12.9 Å². The minimum atomic E-state index is -1.59. The van der Waals surface area contributed by atoms with E-state index in [1.165, 1.54) is 29.8 Å². The van der Waals surface area contributed by atoms with E-state index in [4.69, 9.17) is 4.74 Å². The smallest absolute Gasteiger partial charge is 0.231 e. The van der Waals surface area contributed by atoms with Crippen LogP contribution in [0.25, 0.3) is 0 Å². The number of benzene rings is 2. The fourth-order valence-electron chi connectivity index (χ4n) is 3.73. The van der Waals surface area contributed by atoms with Crippen molar-refractivity contribution in [3.63, 3.8) is 0 Å². The Bertz CT molecular complexity index is 1030. The van der Waals surface area contributed by atoms with Crippen molar-refractivity contribution in [3.05, 3.63) is 76.1 Å². The quantitative estimate of drug-likeness (QED) is 0.860. The first-order valence-electron chi connectivity index (χ1n) is 8.71. The number of amides is 1. The molecule has 28 heavy (non-hydrogen) atoms. The molecule has 0 aliphatic carbocycles. The Morgan fingerprint density at radius 2 is 2.11 bits per heavy atom. The van der Waals surface area contributed by atoms with Crippen molar-refractivity contribution in [3.8, 4) is 11.8 Å². The maximum atomic E-state index is 14.3. The molecule has 5 nitrogen and oxygen atoms in total. The molecule has 1 N–H and O–H groups in total. The zero-order valence-corrected chi connectivity index (χ0v) is 15.9. The summed E-state index contributed by atoms with van der Waals surface area (Å²) < 4.78 is 19.6. The lowest BCUT2D eigenvalue weighted by Gasteiger charge is -2.38. The second-order valence-electron chi connectivity index (χ2n) is 6.68. The highest BCUT2D eigenvalue weighted by Crippen LogP contribution is 2.52. The number of nitrogens with zero attached hydrogens (tertiary/aromatic N) is 2. The number of methoxy groups -OCH3 is 1. The highest BCUT2D eigenvalue weighted by Gasteiger charge is 2.52. The van der Waals surface area contributed by atoms with Crippen LogP contribution in [0.4, 0.5) is 4.39 Å². The molecule has 4 rings (SSSR count). The van der Waals surface area contributed by atoms with Crippen molar-refractivity contribution in [1.29, 1.82) is 5.26 Å². The minimum Gasteiger partial charge on any atom is -0.497 e. The predicted molar refractivity (Wildman–Crippen MR) is 103 cm³/mol.